The molecule has 0 saturated carbocycles. The number of nitrogens with zero attached hydrogens (tertiary/aromatic N) is 4. The molecule has 13 heteroatoms. The van der Waals surface area contributed by atoms with Gasteiger partial charge in [-0.1, -0.05) is 0 Å². The molecule has 0 bridgehead atoms. The number of alkyl halides is 6. The summed E-state index contributed by atoms with van der Waals surface area (Å²) in [6.07, 6.45) is -9.11. The van der Waals surface area contributed by atoms with Crippen LogP contribution in [0, 0.1) is 0 Å². The Morgan fingerprint density at radius 2 is 0.903 bits per heavy atom. The molecule has 2 fully saturated rings. The van der Waals surface area contributed by atoms with Crippen LogP contribution in [0.4, 0.5) is 47.3 Å². The molecule has 0 aromatic heterocycles. The maximum absolute atomic E-state index is 12.9. The summed E-state index contributed by atoms with van der Waals surface area (Å²) in [5, 5.41) is 0. The Hall–Kier alpha value is -2.92. The normalized spacial score (nSPS) is 19.5. The summed E-state index contributed by atoms with van der Waals surface area (Å²) < 4.78 is 82.4. The zero-order chi connectivity index (χ0) is 22.9. The molecule has 0 atom stereocenters. The van der Waals surface area contributed by atoms with Crippen molar-refractivity contribution in [3.63, 3.8) is 0 Å². The summed E-state index contributed by atoms with van der Waals surface area (Å²) in [6, 6.07) is 6.78. The molecule has 2 saturated heterocycles. The predicted molar refractivity (Wildman–Crippen MR) is 99.9 cm³/mol. The topological polar surface area (TPSA) is 47.1 Å². The molecule has 4 rings (SSSR count). The molecule has 0 N–H and O–H groups in total. The van der Waals surface area contributed by atoms with Crippen LogP contribution in [0.25, 0.3) is 0 Å². The molecule has 0 unspecified atom stereocenters. The number of urea groups is 2. The first kappa shape index (κ1) is 21.3. The molecule has 6 nitrogen and oxygen atoms in total. The maximum atomic E-state index is 12.9. The van der Waals surface area contributed by atoms with E-state index in [1.165, 1.54) is 29.8 Å². The Bertz CT molecular complexity index is 969. The van der Waals surface area contributed by atoms with Gasteiger partial charge in [0.1, 0.15) is 0 Å². The van der Waals surface area contributed by atoms with Crippen molar-refractivity contribution in [2.24, 2.45) is 0 Å². The number of benzene rings is 2. The Kier molecular flexibility index (Phi) is 4.50. The molecule has 0 aliphatic carbocycles. The van der Waals surface area contributed by atoms with Crippen LogP contribution < -0.4 is 7.83 Å². The number of carbonyl (C=O) groups excluding carboxylic acids is 2. The molecular weight excluding hydrogens is 497 g/mol. The van der Waals surface area contributed by atoms with Crippen LogP contribution in [0.5, 0.6) is 0 Å². The van der Waals surface area contributed by atoms with Crippen molar-refractivity contribution in [2.45, 2.75) is 12.4 Å². The van der Waals surface area contributed by atoms with Crippen molar-refractivity contribution in [3.8, 4) is 0 Å². The van der Waals surface area contributed by atoms with E-state index in [4.69, 9.17) is 0 Å². The molecular formula is C18H14F6N4O2Se. The van der Waals surface area contributed by atoms with Gasteiger partial charge in [0.2, 0.25) is 0 Å². The Morgan fingerprint density at radius 1 is 0.613 bits per heavy atom. The van der Waals surface area contributed by atoms with Gasteiger partial charge in [-0.25, -0.2) is 0 Å². The Balaban J connectivity index is 1.74. The number of anilines is 2. The van der Waals surface area contributed by atoms with Crippen LogP contribution in [-0.2, 0) is 12.4 Å². The fourth-order valence-corrected chi connectivity index (χ4v) is 10.4. The van der Waals surface area contributed by atoms with E-state index < -0.39 is 49.3 Å². The number of rotatable bonds is 2. The first-order valence-electron chi connectivity index (χ1n) is 8.65. The fraction of sp³-hybridized carbons (Fsp3) is 0.222. The van der Waals surface area contributed by atoms with Crippen LogP contribution in [0.1, 0.15) is 11.1 Å². The second kappa shape index (κ2) is 6.54. The molecule has 31 heavy (non-hydrogen) atoms. The number of hydrogen-bond acceptors (Lipinski definition) is 2. The van der Waals surface area contributed by atoms with Crippen LogP contribution >= 0.6 is 0 Å². The van der Waals surface area contributed by atoms with E-state index in [-0.39, 0.29) is 11.4 Å². The van der Waals surface area contributed by atoms with Crippen molar-refractivity contribution in [1.29, 1.82) is 0 Å². The van der Waals surface area contributed by atoms with Gasteiger partial charge in [-0.05, 0) is 0 Å². The molecule has 2 aliphatic heterocycles. The number of amides is 4. The molecule has 4 amide bonds. The second-order valence-corrected chi connectivity index (χ2v) is 12.6. The average Bonchev–Trinajstić information content (AvgIpc) is 2.71. The Labute approximate surface area is 175 Å². The SMILES string of the molecule is CN1C(=O)N(c2ccc(C(F)(F)F)cc2)[Se]12N(C)C(=O)N2c1ccc(C(F)(F)F)cc1. The third-order valence-corrected chi connectivity index (χ3v) is 12.3. The molecule has 2 aromatic rings. The van der Waals surface area contributed by atoms with Gasteiger partial charge < -0.3 is 0 Å². The quantitative estimate of drug-likeness (QED) is 0.437. The predicted octanol–water partition coefficient (Wildman–Crippen LogP) is 4.60. The fourth-order valence-electron chi connectivity index (χ4n) is 3.44. The number of carbonyl (C=O) groups is 2. The summed E-state index contributed by atoms with van der Waals surface area (Å²) in [5.41, 5.74) is -1.47. The Morgan fingerprint density at radius 3 is 1.16 bits per heavy atom. The van der Waals surface area contributed by atoms with Crippen molar-refractivity contribution < 1.29 is 35.9 Å². The van der Waals surface area contributed by atoms with Gasteiger partial charge in [-0.15, -0.1) is 0 Å². The summed E-state index contributed by atoms with van der Waals surface area (Å²) in [4.78, 5) is 25.2. The van der Waals surface area contributed by atoms with E-state index in [9.17, 15) is 35.9 Å². The van der Waals surface area contributed by atoms with Gasteiger partial charge in [0.25, 0.3) is 0 Å². The average molecular weight is 511 g/mol. The molecule has 0 radical (unpaired) electrons. The standard InChI is InChI=1S/C18H14F6N4O2Se/c1-25-15(29)27(13-7-3-11(4-8-13)17(19,20)21)31(25)26(2)16(30)28(31)14-9-5-12(6-10-14)18(22,23)24/h3-10H,1-2H3. The first-order valence-corrected chi connectivity index (χ1v) is 11.7. The van der Waals surface area contributed by atoms with Gasteiger partial charge in [0, 0.05) is 0 Å². The summed E-state index contributed by atoms with van der Waals surface area (Å²) in [6.45, 7) is 0. The van der Waals surface area contributed by atoms with Crippen LogP contribution in [0.15, 0.2) is 48.5 Å². The van der Waals surface area contributed by atoms with Crippen molar-refractivity contribution >= 4 is 37.2 Å². The monoisotopic (exact) mass is 512 g/mol. The summed E-state index contributed by atoms with van der Waals surface area (Å²) in [7, 11) is 2.89. The van der Waals surface area contributed by atoms with Crippen LogP contribution in [0.2, 0.25) is 0 Å². The van der Waals surface area contributed by atoms with Gasteiger partial charge >= 0.3 is 175 Å². The zero-order valence-electron chi connectivity index (χ0n) is 15.9. The summed E-state index contributed by atoms with van der Waals surface area (Å²) >= 11 is -3.65. The van der Waals surface area contributed by atoms with Gasteiger partial charge in [0.05, 0.1) is 0 Å². The molecule has 2 aliphatic rings. The van der Waals surface area contributed by atoms with E-state index in [1.54, 1.807) is 0 Å². The van der Waals surface area contributed by atoms with Gasteiger partial charge in [-0.3, -0.25) is 0 Å². The van der Waals surface area contributed by atoms with Gasteiger partial charge in [-0.2, -0.15) is 0 Å². The van der Waals surface area contributed by atoms with Gasteiger partial charge in [0.15, 0.2) is 0 Å². The third-order valence-electron chi connectivity index (χ3n) is 4.97. The number of hydrogen-bond donors (Lipinski definition) is 0. The molecule has 2 aromatic carbocycles. The van der Waals surface area contributed by atoms with Crippen molar-refractivity contribution in [3.05, 3.63) is 59.7 Å². The first-order chi connectivity index (χ1) is 14.3. The van der Waals surface area contributed by atoms with Crippen LogP contribution in [0.3, 0.4) is 0 Å². The molecule has 1 spiro atoms. The molecule has 166 valence electrons. The van der Waals surface area contributed by atoms with E-state index >= 15 is 0 Å². The summed E-state index contributed by atoms with van der Waals surface area (Å²) in [5.74, 6) is 0. The minimum atomic E-state index is -4.56. The molecule has 2 heterocycles. The number of halogens is 6. The van der Waals surface area contributed by atoms with E-state index in [1.807, 2.05) is 0 Å². The van der Waals surface area contributed by atoms with Crippen molar-refractivity contribution in [1.82, 2.24) is 7.83 Å². The minimum absolute atomic E-state index is 0.160. The van der Waals surface area contributed by atoms with Crippen LogP contribution in [-0.4, -0.2) is 47.7 Å². The third kappa shape index (κ3) is 2.87. The second-order valence-electron chi connectivity index (χ2n) is 6.73. The van der Waals surface area contributed by atoms with E-state index in [0.717, 1.165) is 48.5 Å². The van der Waals surface area contributed by atoms with E-state index in [0.29, 0.717) is 0 Å². The van der Waals surface area contributed by atoms with E-state index in [2.05, 4.69) is 0 Å². The van der Waals surface area contributed by atoms with Crippen molar-refractivity contribution in [2.75, 3.05) is 21.9 Å². The zero-order valence-corrected chi connectivity index (χ0v) is 17.6.